The second kappa shape index (κ2) is 7.75. The quantitative estimate of drug-likeness (QED) is 0.524. The number of benzene rings is 2. The standard InChI is InChI=1S/C23H20FN3O2/c1-15-19(23(25)28)13-21(27(15)11-10-16-6-5-9-18(24)12-16)20-14-22(29-26-20)17-7-3-2-4-8-17/h2-9,12-14H,10-11H2,1H3,(H2,25,28). The molecule has 0 radical (unpaired) electrons. The maximum absolute atomic E-state index is 13.5. The van der Waals surface area contributed by atoms with Crippen molar-refractivity contribution < 1.29 is 13.7 Å². The van der Waals surface area contributed by atoms with Crippen molar-refractivity contribution in [2.24, 2.45) is 5.73 Å². The van der Waals surface area contributed by atoms with Crippen molar-refractivity contribution in [3.05, 3.63) is 89.4 Å². The first kappa shape index (κ1) is 18.7. The van der Waals surface area contributed by atoms with Crippen LogP contribution in [0.15, 0.2) is 71.3 Å². The van der Waals surface area contributed by atoms with Crippen LogP contribution < -0.4 is 5.73 Å². The maximum Gasteiger partial charge on any atom is 0.250 e. The Morgan fingerprint density at radius 3 is 2.62 bits per heavy atom. The largest absolute Gasteiger partial charge is 0.366 e. The highest BCUT2D eigenvalue weighted by atomic mass is 19.1. The van der Waals surface area contributed by atoms with E-state index in [9.17, 15) is 9.18 Å². The zero-order chi connectivity index (χ0) is 20.4. The lowest BCUT2D eigenvalue weighted by Crippen LogP contribution is -2.13. The Bertz CT molecular complexity index is 1160. The lowest BCUT2D eigenvalue weighted by atomic mass is 10.1. The molecule has 0 unspecified atom stereocenters. The van der Waals surface area contributed by atoms with E-state index >= 15 is 0 Å². The van der Waals surface area contributed by atoms with Crippen LogP contribution in [0.4, 0.5) is 4.39 Å². The van der Waals surface area contributed by atoms with Gasteiger partial charge in [-0.2, -0.15) is 0 Å². The maximum atomic E-state index is 13.5. The molecule has 29 heavy (non-hydrogen) atoms. The number of aryl methyl sites for hydroxylation is 1. The van der Waals surface area contributed by atoms with Crippen LogP contribution in [-0.4, -0.2) is 15.6 Å². The summed E-state index contributed by atoms with van der Waals surface area (Å²) in [6.07, 6.45) is 0.599. The Balaban J connectivity index is 1.70. The van der Waals surface area contributed by atoms with E-state index in [-0.39, 0.29) is 5.82 Å². The SMILES string of the molecule is Cc1c(C(N)=O)cc(-c2cc(-c3ccccc3)on2)n1CCc1cccc(F)c1. The number of nitrogens with two attached hydrogens (primary N) is 1. The highest BCUT2D eigenvalue weighted by Gasteiger charge is 2.19. The molecule has 2 aromatic heterocycles. The van der Waals surface area contributed by atoms with Crippen molar-refractivity contribution in [1.29, 1.82) is 0 Å². The number of halogens is 1. The number of aromatic nitrogens is 2. The summed E-state index contributed by atoms with van der Waals surface area (Å²) in [5.41, 5.74) is 9.86. The van der Waals surface area contributed by atoms with Crippen LogP contribution in [0, 0.1) is 12.7 Å². The summed E-state index contributed by atoms with van der Waals surface area (Å²) < 4.78 is 21.0. The summed E-state index contributed by atoms with van der Waals surface area (Å²) in [6.45, 7) is 2.39. The van der Waals surface area contributed by atoms with Gasteiger partial charge in [0, 0.05) is 23.9 Å². The van der Waals surface area contributed by atoms with Gasteiger partial charge in [0.2, 0.25) is 0 Å². The number of carbonyl (C=O) groups excluding carboxylic acids is 1. The molecule has 6 heteroatoms. The number of primary amides is 1. The van der Waals surface area contributed by atoms with Crippen molar-refractivity contribution in [3.63, 3.8) is 0 Å². The van der Waals surface area contributed by atoms with Crippen molar-refractivity contribution in [1.82, 2.24) is 9.72 Å². The zero-order valence-electron chi connectivity index (χ0n) is 15.9. The lowest BCUT2D eigenvalue weighted by molar-refractivity contribution is 0.0999. The molecule has 2 N–H and O–H groups in total. The van der Waals surface area contributed by atoms with E-state index in [1.807, 2.05) is 54.0 Å². The molecule has 0 fully saturated rings. The first-order valence-electron chi connectivity index (χ1n) is 9.30. The first-order chi connectivity index (χ1) is 14.0. The molecule has 0 aliphatic heterocycles. The summed E-state index contributed by atoms with van der Waals surface area (Å²) in [7, 11) is 0. The third-order valence-electron chi connectivity index (χ3n) is 4.98. The Labute approximate surface area is 167 Å². The first-order valence-corrected chi connectivity index (χ1v) is 9.30. The molecule has 2 aromatic carbocycles. The third kappa shape index (κ3) is 3.82. The average Bonchev–Trinajstić information content (AvgIpc) is 3.32. The number of nitrogens with zero attached hydrogens (tertiary/aromatic N) is 2. The molecule has 146 valence electrons. The Kier molecular flexibility index (Phi) is 4.99. The van der Waals surface area contributed by atoms with E-state index < -0.39 is 5.91 Å². The van der Waals surface area contributed by atoms with Crippen LogP contribution >= 0.6 is 0 Å². The molecule has 1 amide bonds. The van der Waals surface area contributed by atoms with Crippen molar-refractivity contribution in [3.8, 4) is 22.7 Å². The zero-order valence-corrected chi connectivity index (χ0v) is 15.9. The summed E-state index contributed by atoms with van der Waals surface area (Å²) in [5, 5.41) is 4.20. The van der Waals surface area contributed by atoms with Gasteiger partial charge in [-0.3, -0.25) is 4.79 Å². The monoisotopic (exact) mass is 389 g/mol. The van der Waals surface area contributed by atoms with Crippen LogP contribution in [-0.2, 0) is 13.0 Å². The molecule has 0 spiro atoms. The van der Waals surface area contributed by atoms with Gasteiger partial charge in [0.1, 0.15) is 11.5 Å². The number of hydrogen-bond donors (Lipinski definition) is 1. The Hall–Kier alpha value is -3.67. The van der Waals surface area contributed by atoms with Gasteiger partial charge >= 0.3 is 0 Å². The molecule has 5 nitrogen and oxygen atoms in total. The molecule has 2 heterocycles. The van der Waals surface area contributed by atoms with Gasteiger partial charge in [-0.15, -0.1) is 0 Å². The molecule has 4 aromatic rings. The van der Waals surface area contributed by atoms with Gasteiger partial charge in [-0.25, -0.2) is 4.39 Å². The predicted octanol–water partition coefficient (Wildman–Crippen LogP) is 4.60. The van der Waals surface area contributed by atoms with E-state index in [0.29, 0.717) is 30.0 Å². The van der Waals surface area contributed by atoms with E-state index in [2.05, 4.69) is 5.16 Å². The fourth-order valence-electron chi connectivity index (χ4n) is 3.46. The number of carbonyl (C=O) groups is 1. The van der Waals surface area contributed by atoms with E-state index in [4.69, 9.17) is 10.3 Å². The van der Waals surface area contributed by atoms with Crippen molar-refractivity contribution in [2.45, 2.75) is 19.9 Å². The normalized spacial score (nSPS) is 11.0. The molecule has 0 atom stereocenters. The number of rotatable bonds is 6. The van der Waals surface area contributed by atoms with E-state index in [1.165, 1.54) is 12.1 Å². The Morgan fingerprint density at radius 1 is 1.10 bits per heavy atom. The summed E-state index contributed by atoms with van der Waals surface area (Å²) in [4.78, 5) is 11.9. The number of hydrogen-bond acceptors (Lipinski definition) is 3. The highest BCUT2D eigenvalue weighted by Crippen LogP contribution is 2.29. The summed E-state index contributed by atoms with van der Waals surface area (Å²) in [6, 6.07) is 19.7. The second-order valence-electron chi connectivity index (χ2n) is 6.87. The van der Waals surface area contributed by atoms with Crippen LogP contribution in [0.2, 0.25) is 0 Å². The third-order valence-corrected chi connectivity index (χ3v) is 4.98. The topological polar surface area (TPSA) is 74.1 Å². The van der Waals surface area contributed by atoms with Gasteiger partial charge in [-0.05, 0) is 37.1 Å². The highest BCUT2D eigenvalue weighted by molar-refractivity contribution is 5.95. The van der Waals surface area contributed by atoms with Crippen LogP contribution in [0.25, 0.3) is 22.7 Å². The fourth-order valence-corrected chi connectivity index (χ4v) is 3.46. The minimum Gasteiger partial charge on any atom is -0.366 e. The molecule has 4 rings (SSSR count). The molecular weight excluding hydrogens is 369 g/mol. The lowest BCUT2D eigenvalue weighted by Gasteiger charge is -2.10. The van der Waals surface area contributed by atoms with Gasteiger partial charge < -0.3 is 14.8 Å². The van der Waals surface area contributed by atoms with E-state index in [1.54, 1.807) is 12.1 Å². The molecule has 0 saturated heterocycles. The molecule has 0 bridgehead atoms. The van der Waals surface area contributed by atoms with Crippen molar-refractivity contribution >= 4 is 5.91 Å². The second-order valence-corrected chi connectivity index (χ2v) is 6.87. The van der Waals surface area contributed by atoms with Crippen LogP contribution in [0.3, 0.4) is 0 Å². The fraction of sp³-hybridized carbons (Fsp3) is 0.130. The summed E-state index contributed by atoms with van der Waals surface area (Å²) >= 11 is 0. The Morgan fingerprint density at radius 2 is 1.90 bits per heavy atom. The molecule has 0 saturated carbocycles. The van der Waals surface area contributed by atoms with Gasteiger partial charge in [0.15, 0.2) is 5.76 Å². The number of amides is 1. The molecule has 0 aliphatic carbocycles. The minimum absolute atomic E-state index is 0.270. The van der Waals surface area contributed by atoms with E-state index in [0.717, 1.165) is 22.5 Å². The van der Waals surface area contributed by atoms with Crippen LogP contribution in [0.5, 0.6) is 0 Å². The van der Waals surface area contributed by atoms with Gasteiger partial charge in [-0.1, -0.05) is 47.6 Å². The van der Waals surface area contributed by atoms with Crippen molar-refractivity contribution in [2.75, 3.05) is 0 Å². The average molecular weight is 389 g/mol. The smallest absolute Gasteiger partial charge is 0.250 e. The van der Waals surface area contributed by atoms with Gasteiger partial charge in [0.05, 0.1) is 11.3 Å². The van der Waals surface area contributed by atoms with Gasteiger partial charge in [0.25, 0.3) is 5.91 Å². The molecular formula is C23H20FN3O2. The summed E-state index contributed by atoms with van der Waals surface area (Å²) in [5.74, 6) is -0.134. The predicted molar refractivity (Wildman–Crippen MR) is 109 cm³/mol. The molecule has 0 aliphatic rings. The van der Waals surface area contributed by atoms with Crippen LogP contribution in [0.1, 0.15) is 21.6 Å². The minimum atomic E-state index is -0.500.